The molecule has 2 N–H and O–H groups in total. The van der Waals surface area contributed by atoms with Gasteiger partial charge in [0, 0.05) is 17.6 Å². The lowest BCUT2D eigenvalue weighted by Crippen LogP contribution is -2.41. The van der Waals surface area contributed by atoms with Crippen LogP contribution in [-0.2, 0) is 11.2 Å². The first-order valence-corrected chi connectivity index (χ1v) is 6.67. The molecule has 92 valence electrons. The standard InChI is InChI=1S/C13H17BrN2O/c1-8(13(17)15-2)16-12-6-3-9-7-10(14)4-5-11(9)12/h4-5,7-8,12,16H,3,6H2,1-2H3,(H,15,17). The molecule has 0 spiro atoms. The van der Waals surface area contributed by atoms with Crippen LogP contribution in [0.1, 0.15) is 30.5 Å². The van der Waals surface area contributed by atoms with E-state index in [1.165, 1.54) is 11.1 Å². The Morgan fingerprint density at radius 3 is 3.00 bits per heavy atom. The quantitative estimate of drug-likeness (QED) is 0.897. The minimum Gasteiger partial charge on any atom is -0.358 e. The molecule has 3 nitrogen and oxygen atoms in total. The van der Waals surface area contributed by atoms with Crippen molar-refractivity contribution in [3.05, 3.63) is 33.8 Å². The molecule has 0 aliphatic heterocycles. The highest BCUT2D eigenvalue weighted by Gasteiger charge is 2.25. The van der Waals surface area contributed by atoms with Crippen molar-refractivity contribution in [2.75, 3.05) is 7.05 Å². The van der Waals surface area contributed by atoms with Crippen LogP contribution in [0.5, 0.6) is 0 Å². The summed E-state index contributed by atoms with van der Waals surface area (Å²) in [6.45, 7) is 1.90. The van der Waals surface area contributed by atoms with Crippen LogP contribution in [-0.4, -0.2) is 19.0 Å². The number of carbonyl (C=O) groups excluding carboxylic acids is 1. The smallest absolute Gasteiger partial charge is 0.236 e. The van der Waals surface area contributed by atoms with E-state index >= 15 is 0 Å². The molecule has 2 rings (SSSR count). The van der Waals surface area contributed by atoms with Gasteiger partial charge < -0.3 is 5.32 Å². The predicted octanol–water partition coefficient (Wildman–Crippen LogP) is 2.16. The molecule has 1 aromatic rings. The van der Waals surface area contributed by atoms with Crippen molar-refractivity contribution < 1.29 is 4.79 Å². The number of fused-ring (bicyclic) bond motifs is 1. The van der Waals surface area contributed by atoms with E-state index in [1.54, 1.807) is 7.05 Å². The van der Waals surface area contributed by atoms with Gasteiger partial charge in [0.25, 0.3) is 0 Å². The van der Waals surface area contributed by atoms with Crippen LogP contribution in [0.2, 0.25) is 0 Å². The largest absolute Gasteiger partial charge is 0.358 e. The average molecular weight is 297 g/mol. The summed E-state index contributed by atoms with van der Waals surface area (Å²) >= 11 is 3.49. The fraction of sp³-hybridized carbons (Fsp3) is 0.462. The minimum absolute atomic E-state index is 0.0376. The van der Waals surface area contributed by atoms with E-state index in [1.807, 2.05) is 6.92 Å². The van der Waals surface area contributed by atoms with Gasteiger partial charge in [-0.05, 0) is 43.0 Å². The van der Waals surface area contributed by atoms with Gasteiger partial charge in [0.15, 0.2) is 0 Å². The number of aryl methyl sites for hydroxylation is 1. The molecule has 1 amide bonds. The van der Waals surface area contributed by atoms with Gasteiger partial charge in [-0.15, -0.1) is 0 Å². The van der Waals surface area contributed by atoms with Gasteiger partial charge >= 0.3 is 0 Å². The van der Waals surface area contributed by atoms with Crippen molar-refractivity contribution in [3.8, 4) is 0 Å². The molecule has 0 bridgehead atoms. The predicted molar refractivity (Wildman–Crippen MR) is 71.9 cm³/mol. The van der Waals surface area contributed by atoms with Gasteiger partial charge in [0.2, 0.25) is 5.91 Å². The Morgan fingerprint density at radius 1 is 1.53 bits per heavy atom. The van der Waals surface area contributed by atoms with Gasteiger partial charge in [-0.1, -0.05) is 22.0 Å². The molecule has 2 unspecified atom stereocenters. The first-order chi connectivity index (χ1) is 8.11. The number of nitrogens with one attached hydrogen (secondary N) is 2. The van der Waals surface area contributed by atoms with Gasteiger partial charge in [0.05, 0.1) is 6.04 Å². The summed E-state index contributed by atoms with van der Waals surface area (Å²) in [5.41, 5.74) is 2.70. The van der Waals surface area contributed by atoms with E-state index in [0.717, 1.165) is 17.3 Å². The molecular formula is C13H17BrN2O. The van der Waals surface area contributed by atoms with Crippen LogP contribution in [0.25, 0.3) is 0 Å². The third-order valence-corrected chi connectivity index (χ3v) is 3.77. The molecule has 0 aromatic heterocycles. The summed E-state index contributed by atoms with van der Waals surface area (Å²) in [5, 5.41) is 6.04. The Kier molecular flexibility index (Phi) is 3.84. The molecule has 0 heterocycles. The molecule has 1 aliphatic carbocycles. The molecule has 0 saturated carbocycles. The Hall–Kier alpha value is -0.870. The number of carbonyl (C=O) groups is 1. The van der Waals surface area contributed by atoms with E-state index in [0.29, 0.717) is 6.04 Å². The third kappa shape index (κ3) is 2.69. The van der Waals surface area contributed by atoms with Crippen molar-refractivity contribution in [3.63, 3.8) is 0 Å². The molecule has 1 aliphatic rings. The zero-order valence-electron chi connectivity index (χ0n) is 10.1. The summed E-state index contributed by atoms with van der Waals surface area (Å²) in [4.78, 5) is 11.5. The molecule has 0 radical (unpaired) electrons. The molecule has 0 fully saturated rings. The van der Waals surface area contributed by atoms with E-state index in [2.05, 4.69) is 44.8 Å². The summed E-state index contributed by atoms with van der Waals surface area (Å²) in [6.07, 6.45) is 2.14. The maximum Gasteiger partial charge on any atom is 0.236 e. The topological polar surface area (TPSA) is 41.1 Å². The third-order valence-electron chi connectivity index (χ3n) is 3.27. The van der Waals surface area contributed by atoms with Crippen LogP contribution in [0.3, 0.4) is 0 Å². The van der Waals surface area contributed by atoms with Crippen molar-refractivity contribution >= 4 is 21.8 Å². The lowest BCUT2D eigenvalue weighted by atomic mass is 10.1. The first kappa shape index (κ1) is 12.6. The molecular weight excluding hydrogens is 280 g/mol. The minimum atomic E-state index is -0.153. The normalized spacial score (nSPS) is 19.8. The molecule has 17 heavy (non-hydrogen) atoms. The van der Waals surface area contributed by atoms with Gasteiger partial charge in [-0.25, -0.2) is 0 Å². The number of likely N-dealkylation sites (N-methyl/N-ethyl adjacent to an activating group) is 1. The van der Waals surface area contributed by atoms with Crippen molar-refractivity contribution in [2.45, 2.75) is 31.8 Å². The molecule has 0 saturated heterocycles. The Labute approximate surface area is 110 Å². The molecule has 4 heteroatoms. The average Bonchev–Trinajstić information content (AvgIpc) is 2.70. The highest BCUT2D eigenvalue weighted by molar-refractivity contribution is 9.10. The number of rotatable bonds is 3. The van der Waals surface area contributed by atoms with Crippen molar-refractivity contribution in [1.82, 2.24) is 10.6 Å². The fourth-order valence-electron chi connectivity index (χ4n) is 2.35. The van der Waals surface area contributed by atoms with E-state index in [9.17, 15) is 4.79 Å². The highest BCUT2D eigenvalue weighted by Crippen LogP contribution is 2.33. The van der Waals surface area contributed by atoms with Gasteiger partial charge in [0.1, 0.15) is 0 Å². The Morgan fingerprint density at radius 2 is 2.29 bits per heavy atom. The van der Waals surface area contributed by atoms with Crippen LogP contribution < -0.4 is 10.6 Å². The second kappa shape index (κ2) is 5.19. The summed E-state index contributed by atoms with van der Waals surface area (Å²) in [7, 11) is 1.67. The van der Waals surface area contributed by atoms with Crippen LogP contribution in [0, 0.1) is 0 Å². The zero-order valence-corrected chi connectivity index (χ0v) is 11.7. The van der Waals surface area contributed by atoms with Crippen LogP contribution >= 0.6 is 15.9 Å². The molecule has 1 aromatic carbocycles. The number of benzene rings is 1. The highest BCUT2D eigenvalue weighted by atomic mass is 79.9. The number of amides is 1. The van der Waals surface area contributed by atoms with Gasteiger partial charge in [-0.3, -0.25) is 10.1 Å². The maximum absolute atomic E-state index is 11.5. The summed E-state index contributed by atoms with van der Waals surface area (Å²) in [6, 6.07) is 6.51. The lowest BCUT2D eigenvalue weighted by Gasteiger charge is -2.19. The first-order valence-electron chi connectivity index (χ1n) is 5.87. The monoisotopic (exact) mass is 296 g/mol. The van der Waals surface area contributed by atoms with Crippen LogP contribution in [0.4, 0.5) is 0 Å². The second-order valence-corrected chi connectivity index (χ2v) is 5.35. The lowest BCUT2D eigenvalue weighted by molar-refractivity contribution is -0.122. The number of hydrogen-bond acceptors (Lipinski definition) is 2. The zero-order chi connectivity index (χ0) is 12.4. The fourth-order valence-corrected chi connectivity index (χ4v) is 2.76. The van der Waals surface area contributed by atoms with E-state index in [4.69, 9.17) is 0 Å². The number of hydrogen-bond donors (Lipinski definition) is 2. The maximum atomic E-state index is 11.5. The number of halogens is 1. The Balaban J connectivity index is 2.09. The Bertz CT molecular complexity index is 433. The van der Waals surface area contributed by atoms with Gasteiger partial charge in [-0.2, -0.15) is 0 Å². The van der Waals surface area contributed by atoms with E-state index in [-0.39, 0.29) is 11.9 Å². The van der Waals surface area contributed by atoms with Crippen molar-refractivity contribution in [1.29, 1.82) is 0 Å². The summed E-state index contributed by atoms with van der Waals surface area (Å²) in [5.74, 6) is 0.0376. The van der Waals surface area contributed by atoms with Crippen molar-refractivity contribution in [2.24, 2.45) is 0 Å². The van der Waals surface area contributed by atoms with E-state index < -0.39 is 0 Å². The SMILES string of the molecule is CNC(=O)C(C)NC1CCc2cc(Br)ccc21. The van der Waals surface area contributed by atoms with Crippen LogP contribution in [0.15, 0.2) is 22.7 Å². The summed E-state index contributed by atoms with van der Waals surface area (Å²) < 4.78 is 1.12. The second-order valence-electron chi connectivity index (χ2n) is 4.44. The molecule has 2 atom stereocenters.